The molecule has 0 unspecified atom stereocenters. The van der Waals surface area contributed by atoms with Crippen molar-refractivity contribution in [2.24, 2.45) is 0 Å². The second-order valence-electron chi connectivity index (χ2n) is 2.43. The fourth-order valence-electron chi connectivity index (χ4n) is 0.579. The van der Waals surface area contributed by atoms with Gasteiger partial charge in [-0.25, -0.2) is 13.2 Å². The summed E-state index contributed by atoms with van der Waals surface area (Å²) in [6, 6.07) is 0. The van der Waals surface area contributed by atoms with E-state index in [1.54, 1.807) is 4.72 Å². The van der Waals surface area contributed by atoms with Crippen molar-refractivity contribution in [2.45, 2.75) is 6.42 Å². The van der Waals surface area contributed by atoms with Gasteiger partial charge in [0.2, 0.25) is 15.9 Å². The highest BCUT2D eigenvalue weighted by molar-refractivity contribution is 7.89. The van der Waals surface area contributed by atoms with Crippen molar-refractivity contribution in [2.75, 3.05) is 13.4 Å². The standard InChI is InChI=1S/C7H11NO5S/c1-13-7(10)5-3-4-6(9)8-14(2,11)12/h3,5H,4H2,1-2H3,(H,8,9). The quantitative estimate of drug-likeness (QED) is 0.495. The van der Waals surface area contributed by atoms with Gasteiger partial charge in [-0.3, -0.25) is 9.52 Å². The third kappa shape index (κ3) is 7.29. The minimum Gasteiger partial charge on any atom is -0.466 e. The van der Waals surface area contributed by atoms with E-state index in [1.165, 1.54) is 13.2 Å². The Bertz CT molecular complexity index is 343. The molecule has 0 atom stereocenters. The van der Waals surface area contributed by atoms with Gasteiger partial charge < -0.3 is 4.74 Å². The second kappa shape index (κ2) is 5.38. The van der Waals surface area contributed by atoms with Crippen molar-refractivity contribution in [3.8, 4) is 0 Å². The predicted molar refractivity (Wildman–Crippen MR) is 48.8 cm³/mol. The molecule has 7 heteroatoms. The van der Waals surface area contributed by atoms with Gasteiger partial charge in [-0.05, 0) is 0 Å². The molecule has 0 aliphatic heterocycles. The van der Waals surface area contributed by atoms with Gasteiger partial charge in [-0.1, -0.05) is 6.08 Å². The molecule has 0 aromatic carbocycles. The molecule has 6 nitrogen and oxygen atoms in total. The van der Waals surface area contributed by atoms with Gasteiger partial charge in [0, 0.05) is 12.5 Å². The van der Waals surface area contributed by atoms with E-state index in [-0.39, 0.29) is 6.42 Å². The Morgan fingerprint density at radius 3 is 2.43 bits per heavy atom. The van der Waals surface area contributed by atoms with Crippen molar-refractivity contribution >= 4 is 21.9 Å². The van der Waals surface area contributed by atoms with E-state index >= 15 is 0 Å². The molecular formula is C7H11NO5S. The lowest BCUT2D eigenvalue weighted by atomic mass is 10.4. The van der Waals surface area contributed by atoms with Crippen LogP contribution in [0, 0.1) is 0 Å². The molecule has 0 spiro atoms. The third-order valence-electron chi connectivity index (χ3n) is 1.06. The molecular weight excluding hydrogens is 210 g/mol. The fraction of sp³-hybridized carbons (Fsp3) is 0.429. The Labute approximate surface area is 82.0 Å². The molecule has 0 heterocycles. The summed E-state index contributed by atoms with van der Waals surface area (Å²) in [6.45, 7) is 0. The summed E-state index contributed by atoms with van der Waals surface area (Å²) in [5, 5.41) is 0. The van der Waals surface area contributed by atoms with E-state index in [9.17, 15) is 18.0 Å². The molecule has 0 aliphatic carbocycles. The molecule has 0 aromatic rings. The number of carbonyl (C=O) groups excluding carboxylic acids is 2. The SMILES string of the molecule is COC(=O)C=CCC(=O)NS(C)(=O)=O. The number of carbonyl (C=O) groups is 2. The van der Waals surface area contributed by atoms with Crippen molar-refractivity contribution < 1.29 is 22.7 Å². The first-order valence-electron chi connectivity index (χ1n) is 3.60. The molecule has 0 fully saturated rings. The van der Waals surface area contributed by atoms with Gasteiger partial charge in [0.15, 0.2) is 0 Å². The summed E-state index contributed by atoms with van der Waals surface area (Å²) in [5.74, 6) is -1.30. The van der Waals surface area contributed by atoms with Gasteiger partial charge in [-0.2, -0.15) is 0 Å². The van der Waals surface area contributed by atoms with Crippen LogP contribution in [0.25, 0.3) is 0 Å². The van der Waals surface area contributed by atoms with Crippen LogP contribution in [0.3, 0.4) is 0 Å². The summed E-state index contributed by atoms with van der Waals surface area (Å²) in [5.41, 5.74) is 0. The Morgan fingerprint density at radius 2 is 2.00 bits per heavy atom. The molecule has 0 aliphatic rings. The van der Waals surface area contributed by atoms with Gasteiger partial charge in [0.05, 0.1) is 13.4 Å². The van der Waals surface area contributed by atoms with Gasteiger partial charge >= 0.3 is 5.97 Å². The summed E-state index contributed by atoms with van der Waals surface area (Å²) < 4.78 is 27.1. The smallest absolute Gasteiger partial charge is 0.330 e. The average Bonchev–Trinajstić information content (AvgIpc) is 2.00. The Morgan fingerprint density at radius 1 is 1.43 bits per heavy atom. The number of sulfonamides is 1. The van der Waals surface area contributed by atoms with E-state index < -0.39 is 21.9 Å². The average molecular weight is 221 g/mol. The molecule has 0 radical (unpaired) electrons. The highest BCUT2D eigenvalue weighted by Gasteiger charge is 2.05. The van der Waals surface area contributed by atoms with E-state index in [0.29, 0.717) is 0 Å². The summed E-state index contributed by atoms with van der Waals surface area (Å²) >= 11 is 0. The zero-order valence-corrected chi connectivity index (χ0v) is 8.63. The van der Waals surface area contributed by atoms with Crippen LogP contribution in [-0.4, -0.2) is 33.7 Å². The number of ether oxygens (including phenoxy) is 1. The number of hydrogen-bond acceptors (Lipinski definition) is 5. The molecule has 0 bridgehead atoms. The lowest BCUT2D eigenvalue weighted by molar-refractivity contribution is -0.134. The Balaban J connectivity index is 3.98. The summed E-state index contributed by atoms with van der Waals surface area (Å²) in [6.07, 6.45) is 2.94. The fourth-order valence-corrected chi connectivity index (χ4v) is 1.08. The number of methoxy groups -OCH3 is 1. The van der Waals surface area contributed by atoms with Crippen LogP contribution in [-0.2, 0) is 24.3 Å². The molecule has 0 saturated carbocycles. The zero-order valence-electron chi connectivity index (χ0n) is 7.81. The number of amides is 1. The molecule has 0 aromatic heterocycles. The molecule has 1 N–H and O–H groups in total. The maximum atomic E-state index is 10.8. The van der Waals surface area contributed by atoms with Crippen molar-refractivity contribution in [3.63, 3.8) is 0 Å². The maximum absolute atomic E-state index is 10.8. The van der Waals surface area contributed by atoms with Crippen LogP contribution in [0.4, 0.5) is 0 Å². The zero-order chi connectivity index (χ0) is 11.2. The molecule has 80 valence electrons. The lowest BCUT2D eigenvalue weighted by Crippen LogP contribution is -2.28. The first kappa shape index (κ1) is 12.6. The van der Waals surface area contributed by atoms with Gasteiger partial charge in [0.1, 0.15) is 0 Å². The molecule has 14 heavy (non-hydrogen) atoms. The van der Waals surface area contributed by atoms with Crippen LogP contribution in [0.2, 0.25) is 0 Å². The molecule has 1 amide bonds. The number of hydrogen-bond donors (Lipinski definition) is 1. The van der Waals surface area contributed by atoms with E-state index in [4.69, 9.17) is 0 Å². The van der Waals surface area contributed by atoms with E-state index in [1.807, 2.05) is 0 Å². The monoisotopic (exact) mass is 221 g/mol. The lowest BCUT2D eigenvalue weighted by Gasteiger charge is -1.98. The van der Waals surface area contributed by atoms with E-state index in [0.717, 1.165) is 12.3 Å². The van der Waals surface area contributed by atoms with Crippen LogP contribution in [0.5, 0.6) is 0 Å². The normalized spacial score (nSPS) is 11.3. The molecule has 0 saturated heterocycles. The minimum absolute atomic E-state index is 0.192. The number of esters is 1. The topological polar surface area (TPSA) is 89.5 Å². The van der Waals surface area contributed by atoms with Crippen molar-refractivity contribution in [1.29, 1.82) is 0 Å². The van der Waals surface area contributed by atoms with Gasteiger partial charge in [0.25, 0.3) is 0 Å². The van der Waals surface area contributed by atoms with Crippen molar-refractivity contribution in [3.05, 3.63) is 12.2 Å². The highest BCUT2D eigenvalue weighted by Crippen LogP contribution is 1.87. The maximum Gasteiger partial charge on any atom is 0.330 e. The Kier molecular flexibility index (Phi) is 4.85. The van der Waals surface area contributed by atoms with Crippen LogP contribution in [0.15, 0.2) is 12.2 Å². The Hall–Kier alpha value is -1.37. The largest absolute Gasteiger partial charge is 0.466 e. The third-order valence-corrected chi connectivity index (χ3v) is 1.66. The van der Waals surface area contributed by atoms with Crippen LogP contribution >= 0.6 is 0 Å². The highest BCUT2D eigenvalue weighted by atomic mass is 32.2. The molecule has 0 rings (SSSR count). The minimum atomic E-state index is -3.53. The summed E-state index contributed by atoms with van der Waals surface area (Å²) in [4.78, 5) is 21.4. The van der Waals surface area contributed by atoms with E-state index in [2.05, 4.69) is 4.74 Å². The van der Waals surface area contributed by atoms with Crippen LogP contribution < -0.4 is 4.72 Å². The first-order chi connectivity index (χ1) is 6.35. The first-order valence-corrected chi connectivity index (χ1v) is 5.49. The van der Waals surface area contributed by atoms with Crippen molar-refractivity contribution in [1.82, 2.24) is 4.72 Å². The predicted octanol–water partition coefficient (Wildman–Crippen LogP) is -0.818. The summed E-state index contributed by atoms with van der Waals surface area (Å²) in [7, 11) is -2.33. The van der Waals surface area contributed by atoms with Crippen LogP contribution in [0.1, 0.15) is 6.42 Å². The van der Waals surface area contributed by atoms with Gasteiger partial charge in [-0.15, -0.1) is 0 Å². The number of nitrogens with one attached hydrogen (secondary N) is 1. The second-order valence-corrected chi connectivity index (χ2v) is 4.18. The number of rotatable bonds is 4.